The molecule has 0 saturated carbocycles. The van der Waals surface area contributed by atoms with E-state index in [2.05, 4.69) is 15.2 Å². The lowest BCUT2D eigenvalue weighted by Crippen LogP contribution is -2.00. The number of carbonyl (C=O) groups is 1. The van der Waals surface area contributed by atoms with E-state index in [9.17, 15) is 4.79 Å². The average molecular weight is 308 g/mol. The molecule has 1 aromatic carbocycles. The second kappa shape index (κ2) is 6.00. The predicted molar refractivity (Wildman–Crippen MR) is 86.6 cm³/mol. The minimum atomic E-state index is -0.947. The van der Waals surface area contributed by atoms with Gasteiger partial charge in [0.1, 0.15) is 5.65 Å². The van der Waals surface area contributed by atoms with Gasteiger partial charge in [-0.3, -0.25) is 9.20 Å². The number of carboxylic acids is 1. The molecule has 1 N–H and O–H groups in total. The van der Waals surface area contributed by atoms with Crippen LogP contribution in [0.2, 0.25) is 0 Å². The van der Waals surface area contributed by atoms with Crippen LogP contribution >= 0.6 is 0 Å². The molecule has 0 spiro atoms. The van der Waals surface area contributed by atoms with Crippen LogP contribution in [0.15, 0.2) is 52.8 Å². The molecule has 0 radical (unpaired) electrons. The SMILES string of the molecule is Cc1cccc(N=Nc2c(CC(=O)O)nc3cc(C)ccn23)c1. The maximum absolute atomic E-state index is 11.1. The predicted octanol–water partition coefficient (Wildman–Crippen LogP) is 3.99. The Morgan fingerprint density at radius 3 is 2.70 bits per heavy atom. The summed E-state index contributed by atoms with van der Waals surface area (Å²) in [5, 5.41) is 17.5. The molecule has 3 rings (SSSR count). The van der Waals surface area contributed by atoms with Gasteiger partial charge < -0.3 is 5.11 Å². The molecule has 0 aliphatic carbocycles. The molecule has 2 heterocycles. The fourth-order valence-electron chi connectivity index (χ4n) is 2.35. The number of aryl methyl sites for hydroxylation is 2. The first-order valence-electron chi connectivity index (χ1n) is 7.21. The van der Waals surface area contributed by atoms with Gasteiger partial charge in [-0.2, -0.15) is 0 Å². The highest BCUT2D eigenvalue weighted by Crippen LogP contribution is 2.25. The number of fused-ring (bicyclic) bond motifs is 1. The Hall–Kier alpha value is -3.02. The highest BCUT2D eigenvalue weighted by Gasteiger charge is 2.15. The molecular weight excluding hydrogens is 292 g/mol. The van der Waals surface area contributed by atoms with Gasteiger partial charge in [-0.05, 0) is 49.2 Å². The summed E-state index contributed by atoms with van der Waals surface area (Å²) in [4.78, 5) is 15.4. The van der Waals surface area contributed by atoms with E-state index in [0.717, 1.165) is 11.1 Å². The van der Waals surface area contributed by atoms with Crippen molar-refractivity contribution in [2.24, 2.45) is 10.2 Å². The molecular formula is C17H16N4O2. The summed E-state index contributed by atoms with van der Waals surface area (Å²) in [5.41, 5.74) is 3.92. The van der Waals surface area contributed by atoms with Crippen molar-refractivity contribution in [1.82, 2.24) is 9.38 Å². The van der Waals surface area contributed by atoms with E-state index < -0.39 is 5.97 Å². The second-order valence-electron chi connectivity index (χ2n) is 5.42. The number of azo groups is 1. The Balaban J connectivity index is 2.08. The first kappa shape index (κ1) is 14.9. The molecule has 116 valence electrons. The number of hydrogen-bond acceptors (Lipinski definition) is 4. The van der Waals surface area contributed by atoms with Crippen LogP contribution in [-0.4, -0.2) is 20.5 Å². The molecule has 23 heavy (non-hydrogen) atoms. The number of hydrogen-bond donors (Lipinski definition) is 1. The molecule has 0 bridgehead atoms. The van der Waals surface area contributed by atoms with Crippen LogP contribution in [0.5, 0.6) is 0 Å². The summed E-state index contributed by atoms with van der Waals surface area (Å²) in [6.45, 7) is 3.94. The van der Waals surface area contributed by atoms with E-state index in [0.29, 0.717) is 22.8 Å². The van der Waals surface area contributed by atoms with Gasteiger partial charge in [0.15, 0.2) is 5.82 Å². The van der Waals surface area contributed by atoms with Gasteiger partial charge in [0.05, 0.1) is 17.8 Å². The minimum absolute atomic E-state index is 0.192. The van der Waals surface area contributed by atoms with Crippen LogP contribution in [0.1, 0.15) is 16.8 Å². The Morgan fingerprint density at radius 2 is 1.96 bits per heavy atom. The number of aromatic nitrogens is 2. The van der Waals surface area contributed by atoms with E-state index in [-0.39, 0.29) is 6.42 Å². The Morgan fingerprint density at radius 1 is 1.17 bits per heavy atom. The van der Waals surface area contributed by atoms with Crippen molar-refractivity contribution < 1.29 is 9.90 Å². The van der Waals surface area contributed by atoms with Gasteiger partial charge >= 0.3 is 5.97 Å². The minimum Gasteiger partial charge on any atom is -0.481 e. The van der Waals surface area contributed by atoms with Crippen LogP contribution in [0.3, 0.4) is 0 Å². The Kier molecular flexibility index (Phi) is 3.89. The van der Waals surface area contributed by atoms with Gasteiger partial charge in [0.25, 0.3) is 0 Å². The zero-order valence-electron chi connectivity index (χ0n) is 12.9. The van der Waals surface area contributed by atoms with E-state index in [1.165, 1.54) is 0 Å². The number of benzene rings is 1. The van der Waals surface area contributed by atoms with Gasteiger partial charge in [0.2, 0.25) is 0 Å². The highest BCUT2D eigenvalue weighted by atomic mass is 16.4. The molecule has 0 unspecified atom stereocenters. The molecule has 0 saturated heterocycles. The van der Waals surface area contributed by atoms with Crippen molar-refractivity contribution in [3.8, 4) is 0 Å². The van der Waals surface area contributed by atoms with Crippen molar-refractivity contribution in [3.05, 3.63) is 59.4 Å². The lowest BCUT2D eigenvalue weighted by molar-refractivity contribution is -0.136. The Bertz CT molecular complexity index is 912. The van der Waals surface area contributed by atoms with Crippen LogP contribution < -0.4 is 0 Å². The summed E-state index contributed by atoms with van der Waals surface area (Å²) in [7, 11) is 0. The summed E-state index contributed by atoms with van der Waals surface area (Å²) in [6.07, 6.45) is 1.64. The van der Waals surface area contributed by atoms with Crippen LogP contribution in [0.4, 0.5) is 11.5 Å². The lowest BCUT2D eigenvalue weighted by atomic mass is 10.2. The third-order valence-corrected chi connectivity index (χ3v) is 3.41. The number of imidazole rings is 1. The first-order chi connectivity index (χ1) is 11.0. The maximum atomic E-state index is 11.1. The van der Waals surface area contributed by atoms with Crippen molar-refractivity contribution in [2.45, 2.75) is 20.3 Å². The van der Waals surface area contributed by atoms with Gasteiger partial charge in [-0.1, -0.05) is 12.1 Å². The Labute approximate surface area is 133 Å². The molecule has 6 heteroatoms. The van der Waals surface area contributed by atoms with E-state index in [1.807, 2.05) is 56.4 Å². The molecule has 0 amide bonds. The average Bonchev–Trinajstić information content (AvgIpc) is 2.80. The first-order valence-corrected chi connectivity index (χ1v) is 7.21. The van der Waals surface area contributed by atoms with Crippen molar-refractivity contribution >= 4 is 23.1 Å². The molecule has 0 aliphatic heterocycles. The van der Waals surface area contributed by atoms with Gasteiger partial charge in [-0.15, -0.1) is 10.2 Å². The van der Waals surface area contributed by atoms with Crippen molar-refractivity contribution in [3.63, 3.8) is 0 Å². The normalized spacial score (nSPS) is 11.4. The van der Waals surface area contributed by atoms with Crippen LogP contribution in [0.25, 0.3) is 5.65 Å². The fraction of sp³-hybridized carbons (Fsp3) is 0.176. The number of pyridine rings is 1. The molecule has 2 aromatic heterocycles. The lowest BCUT2D eigenvalue weighted by Gasteiger charge is -1.99. The van der Waals surface area contributed by atoms with E-state index in [4.69, 9.17) is 5.11 Å². The topological polar surface area (TPSA) is 79.3 Å². The van der Waals surface area contributed by atoms with Crippen LogP contribution in [0, 0.1) is 13.8 Å². The molecule has 6 nitrogen and oxygen atoms in total. The third-order valence-electron chi connectivity index (χ3n) is 3.41. The van der Waals surface area contributed by atoms with Gasteiger partial charge in [0, 0.05) is 6.20 Å². The van der Waals surface area contributed by atoms with Crippen LogP contribution in [-0.2, 0) is 11.2 Å². The number of carboxylic acid groups (broad SMARTS) is 1. The standard InChI is InChI=1S/C17H16N4O2/c1-11-4-3-5-13(8-11)19-20-17-14(10-16(22)23)18-15-9-12(2)6-7-21(15)17/h3-9H,10H2,1-2H3,(H,22,23). The van der Waals surface area contributed by atoms with E-state index >= 15 is 0 Å². The molecule has 3 aromatic rings. The summed E-state index contributed by atoms with van der Waals surface area (Å²) >= 11 is 0. The smallest absolute Gasteiger partial charge is 0.309 e. The maximum Gasteiger partial charge on any atom is 0.309 e. The summed E-state index contributed by atoms with van der Waals surface area (Å²) < 4.78 is 1.75. The largest absolute Gasteiger partial charge is 0.481 e. The number of rotatable bonds is 4. The zero-order valence-corrected chi connectivity index (χ0v) is 12.9. The third kappa shape index (κ3) is 3.26. The quantitative estimate of drug-likeness (QED) is 0.740. The second-order valence-corrected chi connectivity index (χ2v) is 5.42. The molecule has 0 aliphatic rings. The van der Waals surface area contributed by atoms with Crippen molar-refractivity contribution in [1.29, 1.82) is 0 Å². The number of nitrogens with zero attached hydrogens (tertiary/aromatic N) is 4. The fourth-order valence-corrected chi connectivity index (χ4v) is 2.35. The van der Waals surface area contributed by atoms with E-state index in [1.54, 1.807) is 4.40 Å². The molecule has 0 atom stereocenters. The van der Waals surface area contributed by atoms with Gasteiger partial charge in [-0.25, -0.2) is 4.98 Å². The monoisotopic (exact) mass is 308 g/mol. The summed E-state index contributed by atoms with van der Waals surface area (Å²) in [6, 6.07) is 11.4. The zero-order chi connectivity index (χ0) is 16.4. The highest BCUT2D eigenvalue weighted by molar-refractivity contribution is 5.72. The summed E-state index contributed by atoms with van der Waals surface area (Å²) in [5.74, 6) is -0.499. The number of aliphatic carboxylic acids is 1. The molecule has 0 fully saturated rings. The van der Waals surface area contributed by atoms with Crippen molar-refractivity contribution in [2.75, 3.05) is 0 Å².